The summed E-state index contributed by atoms with van der Waals surface area (Å²) in [5, 5.41) is 0.741. The van der Waals surface area contributed by atoms with Crippen molar-refractivity contribution in [3.05, 3.63) is 41.8 Å². The molecule has 0 aliphatic carbocycles. The van der Waals surface area contributed by atoms with Gasteiger partial charge in [-0.05, 0) is 24.1 Å². The number of hydrogen-bond donors (Lipinski definition) is 1. The van der Waals surface area contributed by atoms with Crippen LogP contribution in [-0.2, 0) is 6.54 Å². The summed E-state index contributed by atoms with van der Waals surface area (Å²) in [6, 6.07) is 7.91. The molecule has 0 aliphatic rings. The van der Waals surface area contributed by atoms with E-state index in [2.05, 4.69) is 16.5 Å². The molecule has 1 aromatic carbocycles. The van der Waals surface area contributed by atoms with Crippen molar-refractivity contribution < 1.29 is 0 Å². The summed E-state index contributed by atoms with van der Waals surface area (Å²) < 4.78 is 2.08. The second-order valence-corrected chi connectivity index (χ2v) is 4.54. The molecule has 17 heavy (non-hydrogen) atoms. The fraction of sp³-hybridized carbons (Fsp3) is 0.308. The molecule has 0 radical (unpaired) electrons. The normalized spacial score (nSPS) is 12.6. The Morgan fingerprint density at radius 2 is 2.06 bits per heavy atom. The maximum Gasteiger partial charge on any atom is 0.0951 e. The zero-order valence-electron chi connectivity index (χ0n) is 9.81. The molecule has 0 aliphatic heterocycles. The van der Waals surface area contributed by atoms with Crippen molar-refractivity contribution in [3.8, 4) is 11.3 Å². The van der Waals surface area contributed by atoms with Gasteiger partial charge in [-0.2, -0.15) is 0 Å². The molecule has 1 unspecified atom stereocenters. The van der Waals surface area contributed by atoms with Crippen molar-refractivity contribution in [3.63, 3.8) is 0 Å². The lowest BCUT2D eigenvalue weighted by Crippen LogP contribution is -2.25. The number of imidazole rings is 1. The summed E-state index contributed by atoms with van der Waals surface area (Å²) in [4.78, 5) is 4.18. The van der Waals surface area contributed by atoms with Crippen LogP contribution < -0.4 is 5.73 Å². The van der Waals surface area contributed by atoms with Crippen LogP contribution in [0.3, 0.4) is 0 Å². The molecule has 2 N–H and O–H groups in total. The van der Waals surface area contributed by atoms with Gasteiger partial charge in [-0.3, -0.25) is 0 Å². The maximum atomic E-state index is 5.97. The van der Waals surface area contributed by atoms with Gasteiger partial charge in [0, 0.05) is 17.6 Å². The molecule has 90 valence electrons. The fourth-order valence-electron chi connectivity index (χ4n) is 1.71. The molecule has 0 spiro atoms. The zero-order chi connectivity index (χ0) is 12.3. The van der Waals surface area contributed by atoms with Crippen LogP contribution in [0.1, 0.15) is 13.3 Å². The van der Waals surface area contributed by atoms with E-state index in [0.717, 1.165) is 29.2 Å². The third kappa shape index (κ3) is 2.87. The van der Waals surface area contributed by atoms with Crippen molar-refractivity contribution in [2.45, 2.75) is 25.9 Å². The second-order valence-electron chi connectivity index (χ2n) is 4.11. The first-order chi connectivity index (χ1) is 8.20. The number of nitrogens with zero attached hydrogens (tertiary/aromatic N) is 2. The van der Waals surface area contributed by atoms with Gasteiger partial charge < -0.3 is 10.3 Å². The highest BCUT2D eigenvalue weighted by Gasteiger charge is 2.07. The highest BCUT2D eigenvalue weighted by molar-refractivity contribution is 6.30. The van der Waals surface area contributed by atoms with Crippen LogP contribution in [0.5, 0.6) is 0 Å². The fourth-order valence-corrected chi connectivity index (χ4v) is 1.83. The van der Waals surface area contributed by atoms with Crippen molar-refractivity contribution in [1.82, 2.24) is 9.55 Å². The molecule has 1 heterocycles. The minimum Gasteiger partial charge on any atom is -0.329 e. The van der Waals surface area contributed by atoms with Gasteiger partial charge in [0.1, 0.15) is 0 Å². The lowest BCUT2D eigenvalue weighted by Gasteiger charge is -2.12. The van der Waals surface area contributed by atoms with Gasteiger partial charge in [-0.1, -0.05) is 30.7 Å². The summed E-state index contributed by atoms with van der Waals surface area (Å²) in [7, 11) is 0. The molecule has 2 aromatic rings. The lowest BCUT2D eigenvalue weighted by atomic mass is 10.1. The maximum absolute atomic E-state index is 5.97. The lowest BCUT2D eigenvalue weighted by molar-refractivity contribution is 0.542. The van der Waals surface area contributed by atoms with Crippen LogP contribution in [-0.4, -0.2) is 15.6 Å². The molecule has 1 aromatic heterocycles. The van der Waals surface area contributed by atoms with E-state index in [-0.39, 0.29) is 6.04 Å². The smallest absolute Gasteiger partial charge is 0.0951 e. The molecule has 3 nitrogen and oxygen atoms in total. The monoisotopic (exact) mass is 249 g/mol. The SMILES string of the molecule is CCC(N)Cn1cncc1-c1ccc(Cl)cc1. The second kappa shape index (κ2) is 5.34. The van der Waals surface area contributed by atoms with Crippen LogP contribution in [0.25, 0.3) is 11.3 Å². The van der Waals surface area contributed by atoms with Crippen LogP contribution in [0.15, 0.2) is 36.8 Å². The van der Waals surface area contributed by atoms with Crippen LogP contribution in [0, 0.1) is 0 Å². The molecule has 0 fully saturated rings. The number of nitrogens with two attached hydrogens (primary N) is 1. The Hall–Kier alpha value is -1.32. The molecule has 1 atom stereocenters. The zero-order valence-corrected chi connectivity index (χ0v) is 10.6. The van der Waals surface area contributed by atoms with Crippen LogP contribution in [0.4, 0.5) is 0 Å². The Bertz CT molecular complexity index is 476. The van der Waals surface area contributed by atoms with E-state index < -0.39 is 0 Å². The largest absolute Gasteiger partial charge is 0.329 e. The first kappa shape index (κ1) is 12.1. The van der Waals surface area contributed by atoms with Gasteiger partial charge in [-0.25, -0.2) is 4.98 Å². The van der Waals surface area contributed by atoms with Crippen molar-refractivity contribution >= 4 is 11.6 Å². The molecule has 0 saturated heterocycles. The van der Waals surface area contributed by atoms with Crippen molar-refractivity contribution in [2.75, 3.05) is 0 Å². The van der Waals surface area contributed by atoms with Crippen molar-refractivity contribution in [2.24, 2.45) is 5.73 Å². The van der Waals surface area contributed by atoms with Gasteiger partial charge in [0.15, 0.2) is 0 Å². The van der Waals surface area contributed by atoms with E-state index in [1.54, 1.807) is 0 Å². The average Bonchev–Trinajstić information content (AvgIpc) is 2.78. The number of hydrogen-bond acceptors (Lipinski definition) is 2. The third-order valence-electron chi connectivity index (χ3n) is 2.81. The van der Waals surface area contributed by atoms with Crippen LogP contribution in [0.2, 0.25) is 5.02 Å². The predicted octanol–water partition coefficient (Wildman–Crippen LogP) is 2.94. The van der Waals surface area contributed by atoms with Gasteiger partial charge in [0.05, 0.1) is 18.2 Å². The van der Waals surface area contributed by atoms with Gasteiger partial charge in [0.2, 0.25) is 0 Å². The van der Waals surface area contributed by atoms with E-state index >= 15 is 0 Å². The van der Waals surface area contributed by atoms with E-state index in [1.165, 1.54) is 0 Å². The first-order valence-corrected chi connectivity index (χ1v) is 6.10. The Kier molecular flexibility index (Phi) is 3.82. The molecular formula is C13H16ClN3. The topological polar surface area (TPSA) is 43.8 Å². The van der Waals surface area contributed by atoms with Crippen LogP contribution >= 0.6 is 11.6 Å². The molecule has 0 saturated carbocycles. The summed E-state index contributed by atoms with van der Waals surface area (Å²) in [5.41, 5.74) is 8.15. The summed E-state index contributed by atoms with van der Waals surface area (Å²) in [6.45, 7) is 2.87. The number of halogens is 1. The molecule has 4 heteroatoms. The Morgan fingerprint density at radius 3 is 2.71 bits per heavy atom. The molecular weight excluding hydrogens is 234 g/mol. The minimum absolute atomic E-state index is 0.162. The average molecular weight is 250 g/mol. The van der Waals surface area contributed by atoms with Crippen molar-refractivity contribution in [1.29, 1.82) is 0 Å². The summed E-state index contributed by atoms with van der Waals surface area (Å²) in [5.74, 6) is 0. The Morgan fingerprint density at radius 1 is 1.35 bits per heavy atom. The number of rotatable bonds is 4. The first-order valence-electron chi connectivity index (χ1n) is 5.72. The standard InChI is InChI=1S/C13H16ClN3/c1-2-12(15)8-17-9-16-7-13(17)10-3-5-11(14)6-4-10/h3-7,9,12H,2,8,15H2,1H3. The minimum atomic E-state index is 0.162. The van der Waals surface area contributed by atoms with Gasteiger partial charge in [-0.15, -0.1) is 0 Å². The molecule has 0 bridgehead atoms. The van der Waals surface area contributed by atoms with E-state index in [0.29, 0.717) is 0 Å². The summed E-state index contributed by atoms with van der Waals surface area (Å²) >= 11 is 5.88. The van der Waals surface area contributed by atoms with E-state index in [9.17, 15) is 0 Å². The van der Waals surface area contributed by atoms with Gasteiger partial charge in [0.25, 0.3) is 0 Å². The highest BCUT2D eigenvalue weighted by atomic mass is 35.5. The Labute approximate surface area is 106 Å². The molecule has 2 rings (SSSR count). The molecule has 0 amide bonds. The Balaban J connectivity index is 2.27. The predicted molar refractivity (Wildman–Crippen MR) is 70.9 cm³/mol. The highest BCUT2D eigenvalue weighted by Crippen LogP contribution is 2.21. The summed E-state index contributed by atoms with van der Waals surface area (Å²) in [6.07, 6.45) is 4.63. The van der Waals surface area contributed by atoms with E-state index in [4.69, 9.17) is 17.3 Å². The quantitative estimate of drug-likeness (QED) is 0.906. The number of aromatic nitrogens is 2. The number of benzene rings is 1. The van der Waals surface area contributed by atoms with E-state index in [1.807, 2.05) is 36.8 Å². The third-order valence-corrected chi connectivity index (χ3v) is 3.06. The van der Waals surface area contributed by atoms with Gasteiger partial charge >= 0.3 is 0 Å².